The quantitative estimate of drug-likeness (QED) is 0.838. The number of carbonyl (C=O) groups excluding carboxylic acids is 1. The fourth-order valence-corrected chi connectivity index (χ4v) is 1.41. The van der Waals surface area contributed by atoms with Gasteiger partial charge >= 0.3 is 6.09 Å². The van der Waals surface area contributed by atoms with Crippen LogP contribution in [0.25, 0.3) is 0 Å². The van der Waals surface area contributed by atoms with Gasteiger partial charge in [-0.15, -0.1) is 0 Å². The normalized spacial score (nSPS) is 11.3. The Bertz CT molecular complexity index is 368. The second kappa shape index (κ2) is 4.91. The van der Waals surface area contributed by atoms with Gasteiger partial charge in [0, 0.05) is 7.05 Å². The average molecular weight is 290 g/mol. The first-order valence-corrected chi connectivity index (χ1v) is 5.75. The van der Waals surface area contributed by atoms with Crippen molar-refractivity contribution in [1.82, 2.24) is 4.90 Å². The summed E-state index contributed by atoms with van der Waals surface area (Å²) in [5.41, 5.74) is -0.477. The van der Waals surface area contributed by atoms with Crippen molar-refractivity contribution in [3.05, 3.63) is 22.6 Å². The Morgan fingerprint density at radius 3 is 2.56 bits per heavy atom. The fraction of sp³-hybridized carbons (Fsp3) is 0.545. The minimum absolute atomic E-state index is 0.361. The summed E-state index contributed by atoms with van der Waals surface area (Å²) in [6, 6.07) is 3.60. The number of ether oxygens (including phenoxy) is 1. The molecule has 0 unspecified atom stereocenters. The van der Waals surface area contributed by atoms with Crippen molar-refractivity contribution in [1.29, 1.82) is 0 Å². The lowest BCUT2D eigenvalue weighted by Crippen LogP contribution is -2.33. The Balaban J connectivity index is 2.52. The van der Waals surface area contributed by atoms with Crippen LogP contribution in [0.4, 0.5) is 4.79 Å². The molecule has 0 saturated carbocycles. The molecular formula is C11H16BrNO3. The molecule has 0 spiro atoms. The van der Waals surface area contributed by atoms with Gasteiger partial charge in [-0.05, 0) is 48.8 Å². The van der Waals surface area contributed by atoms with E-state index in [0.717, 1.165) is 0 Å². The van der Waals surface area contributed by atoms with Crippen LogP contribution in [0.2, 0.25) is 0 Å². The zero-order valence-electron chi connectivity index (χ0n) is 9.91. The molecule has 0 radical (unpaired) electrons. The third-order valence-corrected chi connectivity index (χ3v) is 2.15. The van der Waals surface area contributed by atoms with E-state index in [2.05, 4.69) is 15.9 Å². The van der Waals surface area contributed by atoms with Gasteiger partial charge in [0.25, 0.3) is 0 Å². The zero-order chi connectivity index (χ0) is 12.3. The fourth-order valence-electron chi connectivity index (χ4n) is 1.07. The van der Waals surface area contributed by atoms with Crippen molar-refractivity contribution in [3.63, 3.8) is 0 Å². The van der Waals surface area contributed by atoms with E-state index in [4.69, 9.17) is 9.15 Å². The molecule has 0 fully saturated rings. The van der Waals surface area contributed by atoms with Gasteiger partial charge in [-0.3, -0.25) is 0 Å². The van der Waals surface area contributed by atoms with Crippen LogP contribution in [-0.2, 0) is 11.3 Å². The first-order valence-electron chi connectivity index (χ1n) is 4.96. The van der Waals surface area contributed by atoms with E-state index in [9.17, 15) is 4.79 Å². The second-order valence-electron chi connectivity index (χ2n) is 4.54. The molecule has 90 valence electrons. The topological polar surface area (TPSA) is 42.7 Å². The second-order valence-corrected chi connectivity index (χ2v) is 5.32. The molecule has 0 aliphatic rings. The maximum atomic E-state index is 11.6. The number of rotatable bonds is 2. The number of nitrogens with zero attached hydrogens (tertiary/aromatic N) is 1. The lowest BCUT2D eigenvalue weighted by Gasteiger charge is -2.24. The molecule has 0 saturated heterocycles. The van der Waals surface area contributed by atoms with E-state index in [1.165, 1.54) is 4.90 Å². The predicted octanol–water partition coefficient (Wildman–Crippen LogP) is 3.41. The first-order chi connectivity index (χ1) is 7.28. The molecule has 0 N–H and O–H groups in total. The maximum Gasteiger partial charge on any atom is 0.410 e. The summed E-state index contributed by atoms with van der Waals surface area (Å²) < 4.78 is 11.2. The smallest absolute Gasteiger partial charge is 0.410 e. The maximum absolute atomic E-state index is 11.6. The number of hydrogen-bond donors (Lipinski definition) is 0. The SMILES string of the molecule is CN(Cc1ccc(Br)o1)C(=O)OC(C)(C)C. The molecule has 5 heteroatoms. The number of furan rings is 1. The van der Waals surface area contributed by atoms with Crippen LogP contribution in [0.15, 0.2) is 21.2 Å². The van der Waals surface area contributed by atoms with E-state index >= 15 is 0 Å². The number of halogens is 1. The Labute approximate surface area is 104 Å². The van der Waals surface area contributed by atoms with Gasteiger partial charge in [0.15, 0.2) is 4.67 Å². The van der Waals surface area contributed by atoms with Crippen LogP contribution in [-0.4, -0.2) is 23.6 Å². The van der Waals surface area contributed by atoms with Gasteiger partial charge < -0.3 is 14.1 Å². The van der Waals surface area contributed by atoms with Crippen molar-refractivity contribution in [2.45, 2.75) is 32.9 Å². The molecule has 4 nitrogen and oxygen atoms in total. The highest BCUT2D eigenvalue weighted by atomic mass is 79.9. The van der Waals surface area contributed by atoms with Crippen molar-refractivity contribution in [2.75, 3.05) is 7.05 Å². The van der Waals surface area contributed by atoms with Crippen LogP contribution in [0.5, 0.6) is 0 Å². The first kappa shape index (κ1) is 13.1. The predicted molar refractivity (Wildman–Crippen MR) is 64.1 cm³/mol. The molecule has 0 atom stereocenters. The van der Waals surface area contributed by atoms with Crippen LogP contribution in [0.1, 0.15) is 26.5 Å². The average Bonchev–Trinajstić information content (AvgIpc) is 2.48. The van der Waals surface area contributed by atoms with Gasteiger partial charge in [0.1, 0.15) is 11.4 Å². The van der Waals surface area contributed by atoms with E-state index in [-0.39, 0.29) is 6.09 Å². The molecule has 1 aromatic heterocycles. The van der Waals surface area contributed by atoms with Gasteiger partial charge in [-0.25, -0.2) is 4.79 Å². The van der Waals surface area contributed by atoms with Gasteiger partial charge in [0.05, 0.1) is 6.54 Å². The Hall–Kier alpha value is -0.970. The Morgan fingerprint density at radius 1 is 1.50 bits per heavy atom. The lowest BCUT2D eigenvalue weighted by molar-refractivity contribution is 0.0274. The summed E-state index contributed by atoms with van der Waals surface area (Å²) in [6.07, 6.45) is -0.361. The van der Waals surface area contributed by atoms with Crippen molar-refractivity contribution in [3.8, 4) is 0 Å². The molecule has 1 aromatic rings. The van der Waals surface area contributed by atoms with E-state index in [0.29, 0.717) is 17.0 Å². The molecule has 16 heavy (non-hydrogen) atoms. The van der Waals surface area contributed by atoms with E-state index in [1.54, 1.807) is 13.1 Å². The van der Waals surface area contributed by atoms with E-state index in [1.807, 2.05) is 26.8 Å². The minimum Gasteiger partial charge on any atom is -0.452 e. The van der Waals surface area contributed by atoms with Gasteiger partial charge in [-0.2, -0.15) is 0 Å². The third kappa shape index (κ3) is 4.26. The largest absolute Gasteiger partial charge is 0.452 e. The third-order valence-electron chi connectivity index (χ3n) is 1.73. The highest BCUT2D eigenvalue weighted by Gasteiger charge is 2.20. The van der Waals surface area contributed by atoms with Crippen molar-refractivity contribution < 1.29 is 13.9 Å². The molecule has 0 aliphatic carbocycles. The summed E-state index contributed by atoms with van der Waals surface area (Å²) in [5, 5.41) is 0. The molecule has 0 aromatic carbocycles. The van der Waals surface area contributed by atoms with Crippen molar-refractivity contribution in [2.24, 2.45) is 0 Å². The molecule has 1 heterocycles. The highest BCUT2D eigenvalue weighted by Crippen LogP contribution is 2.16. The summed E-state index contributed by atoms with van der Waals surface area (Å²) in [6.45, 7) is 5.90. The molecule has 1 amide bonds. The molecular weight excluding hydrogens is 274 g/mol. The van der Waals surface area contributed by atoms with Crippen molar-refractivity contribution >= 4 is 22.0 Å². The van der Waals surface area contributed by atoms with Crippen LogP contribution in [0.3, 0.4) is 0 Å². The summed E-state index contributed by atoms with van der Waals surface area (Å²) >= 11 is 3.21. The monoisotopic (exact) mass is 289 g/mol. The lowest BCUT2D eigenvalue weighted by atomic mass is 10.2. The van der Waals surface area contributed by atoms with Gasteiger partial charge in [-0.1, -0.05) is 0 Å². The van der Waals surface area contributed by atoms with Crippen LogP contribution >= 0.6 is 15.9 Å². The van der Waals surface area contributed by atoms with Crippen LogP contribution in [0, 0.1) is 0 Å². The summed E-state index contributed by atoms with van der Waals surface area (Å²) in [7, 11) is 1.67. The zero-order valence-corrected chi connectivity index (χ0v) is 11.5. The Morgan fingerprint density at radius 2 is 2.12 bits per heavy atom. The molecule has 0 bridgehead atoms. The Kier molecular flexibility index (Phi) is 4.02. The number of carbonyl (C=O) groups is 1. The molecule has 1 rings (SSSR count). The van der Waals surface area contributed by atoms with E-state index < -0.39 is 5.60 Å². The standard InChI is InChI=1S/C11H16BrNO3/c1-11(2,3)16-10(14)13(4)7-8-5-6-9(12)15-8/h5-6H,7H2,1-4H3. The highest BCUT2D eigenvalue weighted by molar-refractivity contribution is 9.10. The number of hydrogen-bond acceptors (Lipinski definition) is 3. The summed E-state index contributed by atoms with van der Waals surface area (Å²) in [5.74, 6) is 0.709. The minimum atomic E-state index is -0.477. The summed E-state index contributed by atoms with van der Waals surface area (Å²) in [4.78, 5) is 13.1. The van der Waals surface area contributed by atoms with Gasteiger partial charge in [0.2, 0.25) is 0 Å². The molecule has 0 aliphatic heterocycles. The number of amides is 1. The van der Waals surface area contributed by atoms with Crippen LogP contribution < -0.4 is 0 Å².